The van der Waals surface area contributed by atoms with E-state index in [0.29, 0.717) is 31.1 Å². The lowest BCUT2D eigenvalue weighted by Gasteiger charge is -2.36. The van der Waals surface area contributed by atoms with Gasteiger partial charge in [0.1, 0.15) is 16.8 Å². The number of thiazole rings is 1. The lowest BCUT2D eigenvalue weighted by molar-refractivity contribution is -0.135. The van der Waals surface area contributed by atoms with E-state index in [-0.39, 0.29) is 29.8 Å². The van der Waals surface area contributed by atoms with Crippen LogP contribution in [-0.4, -0.2) is 40.8 Å². The summed E-state index contributed by atoms with van der Waals surface area (Å²) >= 11 is 1.50. The molecule has 6 heteroatoms. The van der Waals surface area contributed by atoms with E-state index in [1.807, 2.05) is 26.2 Å². The van der Waals surface area contributed by atoms with Gasteiger partial charge in [-0.15, -0.1) is 11.3 Å². The molecule has 0 saturated carbocycles. The predicted octanol–water partition coefficient (Wildman–Crippen LogP) is 7.07. The highest BCUT2D eigenvalue weighted by molar-refractivity contribution is 7.09. The number of rotatable bonds is 17. The van der Waals surface area contributed by atoms with Crippen LogP contribution >= 0.6 is 11.3 Å². The molecule has 1 aromatic rings. The van der Waals surface area contributed by atoms with Crippen LogP contribution in [0.1, 0.15) is 121 Å². The number of ketones is 1. The van der Waals surface area contributed by atoms with Gasteiger partial charge in [-0.05, 0) is 25.7 Å². The third kappa shape index (κ3) is 9.30. The second-order valence-corrected chi connectivity index (χ2v) is 10.2. The minimum atomic E-state index is -0.205. The van der Waals surface area contributed by atoms with Gasteiger partial charge in [0, 0.05) is 43.3 Å². The number of hydrogen-bond donors (Lipinski definition) is 0. The molecule has 1 amide bonds. The van der Waals surface area contributed by atoms with Crippen molar-refractivity contribution in [3.05, 3.63) is 16.1 Å². The van der Waals surface area contributed by atoms with Crippen LogP contribution in [0.25, 0.3) is 0 Å². The number of hydrogen-bond acceptors (Lipinski definition) is 5. The lowest BCUT2D eigenvalue weighted by atomic mass is 9.95. The Morgan fingerprint density at radius 1 is 1.03 bits per heavy atom. The first-order valence-electron chi connectivity index (χ1n) is 12.7. The molecule has 0 bridgehead atoms. The zero-order valence-electron chi connectivity index (χ0n) is 21.5. The molecular weight excluding hydrogens is 420 g/mol. The molecule has 0 aliphatic heterocycles. The largest absolute Gasteiger partial charge is 0.371 e. The number of ether oxygens (including phenoxy) is 1. The molecule has 0 saturated heterocycles. The Hall–Kier alpha value is -1.27. The third-order valence-corrected chi connectivity index (χ3v) is 6.82. The summed E-state index contributed by atoms with van der Waals surface area (Å²) in [6.45, 7) is 15.9. The maximum atomic E-state index is 13.2. The molecule has 0 N–H and O–H groups in total. The number of aromatic nitrogens is 1. The summed E-state index contributed by atoms with van der Waals surface area (Å²) < 4.78 is 6.11. The Kier molecular flexibility index (Phi) is 14.0. The van der Waals surface area contributed by atoms with E-state index >= 15 is 0 Å². The van der Waals surface area contributed by atoms with Crippen molar-refractivity contribution in [3.63, 3.8) is 0 Å². The van der Waals surface area contributed by atoms with Gasteiger partial charge >= 0.3 is 0 Å². The van der Waals surface area contributed by atoms with Gasteiger partial charge in [-0.25, -0.2) is 4.98 Å². The summed E-state index contributed by atoms with van der Waals surface area (Å²) in [7, 11) is 0. The highest BCUT2D eigenvalue weighted by Crippen LogP contribution is 2.31. The summed E-state index contributed by atoms with van der Waals surface area (Å²) in [5.74, 6) is 0.558. The molecule has 0 aliphatic carbocycles. The summed E-state index contributed by atoms with van der Waals surface area (Å²) in [5, 5.41) is 2.69. The molecule has 0 spiro atoms. The average molecular weight is 467 g/mol. The van der Waals surface area contributed by atoms with Gasteiger partial charge < -0.3 is 9.64 Å². The Morgan fingerprint density at radius 2 is 1.72 bits per heavy atom. The smallest absolute Gasteiger partial charge is 0.222 e. The topological polar surface area (TPSA) is 59.5 Å². The van der Waals surface area contributed by atoms with Crippen molar-refractivity contribution in [1.29, 1.82) is 0 Å². The van der Waals surface area contributed by atoms with Crippen molar-refractivity contribution in [3.8, 4) is 0 Å². The molecule has 2 unspecified atom stereocenters. The summed E-state index contributed by atoms with van der Waals surface area (Å²) in [6.07, 6.45) is 7.65. The van der Waals surface area contributed by atoms with Crippen molar-refractivity contribution >= 4 is 23.0 Å². The Bertz CT molecular complexity index is 672. The average Bonchev–Trinajstić information content (AvgIpc) is 3.24. The van der Waals surface area contributed by atoms with Crippen LogP contribution in [0.15, 0.2) is 5.38 Å². The van der Waals surface area contributed by atoms with E-state index in [1.165, 1.54) is 24.2 Å². The maximum absolute atomic E-state index is 13.2. The van der Waals surface area contributed by atoms with Crippen LogP contribution in [0.5, 0.6) is 0 Å². The van der Waals surface area contributed by atoms with Gasteiger partial charge in [0.15, 0.2) is 5.78 Å². The zero-order valence-corrected chi connectivity index (χ0v) is 22.3. The molecule has 1 rings (SSSR count). The molecule has 1 heterocycles. The Labute approximate surface area is 200 Å². The monoisotopic (exact) mass is 466 g/mol. The number of carbonyl (C=O) groups is 2. The van der Waals surface area contributed by atoms with E-state index in [0.717, 1.165) is 37.2 Å². The van der Waals surface area contributed by atoms with Crippen LogP contribution in [0.2, 0.25) is 0 Å². The van der Waals surface area contributed by atoms with Crippen molar-refractivity contribution in [2.24, 2.45) is 11.8 Å². The molecule has 0 radical (unpaired) electrons. The highest BCUT2D eigenvalue weighted by atomic mass is 32.1. The first kappa shape index (κ1) is 28.8. The van der Waals surface area contributed by atoms with Gasteiger partial charge in [-0.1, -0.05) is 67.2 Å². The zero-order chi connectivity index (χ0) is 24.1. The highest BCUT2D eigenvalue weighted by Gasteiger charge is 2.31. The van der Waals surface area contributed by atoms with Crippen LogP contribution in [0.4, 0.5) is 0 Å². The fourth-order valence-electron chi connectivity index (χ4n) is 3.92. The van der Waals surface area contributed by atoms with E-state index in [4.69, 9.17) is 4.74 Å². The number of carbonyl (C=O) groups excluding carboxylic acids is 2. The number of amides is 1. The van der Waals surface area contributed by atoms with Gasteiger partial charge in [-0.3, -0.25) is 9.59 Å². The first-order valence-corrected chi connectivity index (χ1v) is 13.5. The molecule has 0 aliphatic rings. The maximum Gasteiger partial charge on any atom is 0.222 e. The van der Waals surface area contributed by atoms with E-state index in [2.05, 4.69) is 37.6 Å². The van der Waals surface area contributed by atoms with Crippen molar-refractivity contribution in [2.75, 3.05) is 13.2 Å². The second-order valence-electron chi connectivity index (χ2n) is 9.33. The molecule has 0 aromatic carbocycles. The number of unbranched alkanes of at least 4 members (excludes halogenated alkanes) is 4. The minimum absolute atomic E-state index is 0.0652. The molecule has 0 fully saturated rings. The fraction of sp³-hybridized carbons (Fsp3) is 0.808. The molecule has 32 heavy (non-hydrogen) atoms. The van der Waals surface area contributed by atoms with Gasteiger partial charge in [0.05, 0.1) is 0 Å². The molecular formula is C26H46N2O3S. The van der Waals surface area contributed by atoms with Gasteiger partial charge in [-0.2, -0.15) is 0 Å². The molecule has 5 nitrogen and oxygen atoms in total. The predicted molar refractivity (Wildman–Crippen MR) is 134 cm³/mol. The third-order valence-electron chi connectivity index (χ3n) is 5.88. The fourth-order valence-corrected chi connectivity index (χ4v) is 4.79. The number of nitrogens with zero attached hydrogens (tertiary/aromatic N) is 2. The van der Waals surface area contributed by atoms with Crippen LogP contribution < -0.4 is 0 Å². The Balaban J connectivity index is 3.10. The SMILES string of the molecule is CCCCCCN(C(=O)CCCC)C(CC(OCC)c1nc(C(=O)C(C)C)cs1)C(C)C. The first-order chi connectivity index (χ1) is 15.3. The van der Waals surface area contributed by atoms with Crippen molar-refractivity contribution in [1.82, 2.24) is 9.88 Å². The lowest BCUT2D eigenvalue weighted by Crippen LogP contribution is -2.45. The van der Waals surface area contributed by atoms with E-state index < -0.39 is 0 Å². The molecule has 184 valence electrons. The van der Waals surface area contributed by atoms with Gasteiger partial charge in [0.2, 0.25) is 5.91 Å². The second kappa shape index (κ2) is 15.5. The number of Topliss-reactive ketones (excluding diaryl/α,β-unsaturated/α-hetero) is 1. The van der Waals surface area contributed by atoms with Crippen LogP contribution in [0, 0.1) is 11.8 Å². The summed E-state index contributed by atoms with van der Waals surface area (Å²) in [4.78, 5) is 32.3. The normalized spacial score (nSPS) is 13.5. The summed E-state index contributed by atoms with van der Waals surface area (Å²) in [5.41, 5.74) is 0.529. The Morgan fingerprint density at radius 3 is 2.28 bits per heavy atom. The van der Waals surface area contributed by atoms with E-state index in [1.54, 1.807) is 0 Å². The van der Waals surface area contributed by atoms with Crippen molar-refractivity contribution < 1.29 is 14.3 Å². The quantitative estimate of drug-likeness (QED) is 0.182. The van der Waals surface area contributed by atoms with Crippen LogP contribution in [0.3, 0.4) is 0 Å². The summed E-state index contributed by atoms with van der Waals surface area (Å²) in [6, 6.07) is 0.0886. The molecule has 2 atom stereocenters. The minimum Gasteiger partial charge on any atom is -0.371 e. The van der Waals surface area contributed by atoms with E-state index in [9.17, 15) is 9.59 Å². The van der Waals surface area contributed by atoms with Gasteiger partial charge in [0.25, 0.3) is 0 Å². The standard InChI is InChI=1S/C26H46N2O3S/c1-8-11-13-14-16-28(24(29)15-12-9-2)22(19(4)5)17-23(31-10-3)26-27-21(18-32-26)25(30)20(6)7/h18-20,22-23H,8-17H2,1-7H3. The van der Waals surface area contributed by atoms with Crippen LogP contribution in [-0.2, 0) is 9.53 Å². The van der Waals surface area contributed by atoms with Crippen molar-refractivity contribution in [2.45, 2.75) is 112 Å². The molecule has 1 aromatic heterocycles.